The predicted octanol–water partition coefficient (Wildman–Crippen LogP) is 1.92. The summed E-state index contributed by atoms with van der Waals surface area (Å²) in [6, 6.07) is 1.26. The molecule has 0 radical (unpaired) electrons. The molecule has 2 unspecified atom stereocenters. The summed E-state index contributed by atoms with van der Waals surface area (Å²) in [5.74, 6) is 1.11. The molecule has 96 valence electrons. The van der Waals surface area contributed by atoms with Crippen molar-refractivity contribution in [3.8, 4) is 0 Å². The Morgan fingerprint density at radius 2 is 1.82 bits per heavy atom. The Morgan fingerprint density at radius 3 is 2.65 bits per heavy atom. The molecule has 0 aromatic carbocycles. The highest BCUT2D eigenvalue weighted by atomic mass is 16.2. The summed E-state index contributed by atoms with van der Waals surface area (Å²) in [6.45, 7) is 1.95. The van der Waals surface area contributed by atoms with Gasteiger partial charge in [-0.15, -0.1) is 0 Å². The van der Waals surface area contributed by atoms with Crippen LogP contribution in [0.2, 0.25) is 0 Å². The maximum absolute atomic E-state index is 12.3. The van der Waals surface area contributed by atoms with Crippen molar-refractivity contribution in [3.05, 3.63) is 0 Å². The molecule has 1 saturated carbocycles. The number of hydrogen-bond donors (Lipinski definition) is 1. The Kier molecular flexibility index (Phi) is 3.37. The van der Waals surface area contributed by atoms with Crippen LogP contribution in [-0.2, 0) is 4.79 Å². The zero-order valence-corrected chi connectivity index (χ0v) is 10.7. The number of carbonyl (C=O) groups is 1. The molecular formula is C14H24N2O. The van der Waals surface area contributed by atoms with Gasteiger partial charge >= 0.3 is 0 Å². The largest absolute Gasteiger partial charge is 0.341 e. The van der Waals surface area contributed by atoms with Crippen molar-refractivity contribution < 1.29 is 4.79 Å². The van der Waals surface area contributed by atoms with Crippen LogP contribution in [0, 0.1) is 5.92 Å². The number of fused-ring (bicyclic) bond motifs is 2. The minimum absolute atomic E-state index is 0.422. The topological polar surface area (TPSA) is 32.3 Å². The van der Waals surface area contributed by atoms with Crippen molar-refractivity contribution >= 4 is 5.91 Å². The molecule has 0 aromatic rings. The molecular weight excluding hydrogens is 212 g/mol. The van der Waals surface area contributed by atoms with E-state index in [1.54, 1.807) is 0 Å². The first-order valence-corrected chi connectivity index (χ1v) is 7.35. The van der Waals surface area contributed by atoms with Crippen LogP contribution in [-0.4, -0.2) is 36.0 Å². The molecule has 3 rings (SSSR count). The van der Waals surface area contributed by atoms with Gasteiger partial charge in [0.05, 0.1) is 0 Å². The minimum atomic E-state index is 0.422. The summed E-state index contributed by atoms with van der Waals surface area (Å²) < 4.78 is 0. The molecule has 3 heteroatoms. The number of hydrogen-bond acceptors (Lipinski definition) is 2. The number of nitrogens with one attached hydrogen (secondary N) is 1. The summed E-state index contributed by atoms with van der Waals surface area (Å²) in [7, 11) is 0. The predicted molar refractivity (Wildman–Crippen MR) is 67.7 cm³/mol. The normalized spacial score (nSPS) is 34.0. The van der Waals surface area contributed by atoms with Crippen LogP contribution in [0.5, 0.6) is 0 Å². The SMILES string of the molecule is O=C(CC1CCCC1)N1CCC2CCC(C1)N2. The molecule has 3 aliphatic rings. The third-order valence-electron chi connectivity index (χ3n) is 4.81. The highest BCUT2D eigenvalue weighted by Crippen LogP contribution is 2.29. The monoisotopic (exact) mass is 236 g/mol. The van der Waals surface area contributed by atoms with Gasteiger partial charge in [-0.2, -0.15) is 0 Å². The molecule has 2 bridgehead atoms. The summed E-state index contributed by atoms with van der Waals surface area (Å²) in [6.07, 6.45) is 9.79. The lowest BCUT2D eigenvalue weighted by atomic mass is 10.0. The summed E-state index contributed by atoms with van der Waals surface area (Å²) >= 11 is 0. The minimum Gasteiger partial charge on any atom is -0.341 e. The van der Waals surface area contributed by atoms with Crippen LogP contribution in [0.15, 0.2) is 0 Å². The van der Waals surface area contributed by atoms with E-state index < -0.39 is 0 Å². The van der Waals surface area contributed by atoms with E-state index in [4.69, 9.17) is 0 Å². The van der Waals surface area contributed by atoms with E-state index in [0.29, 0.717) is 23.9 Å². The molecule has 2 atom stereocenters. The van der Waals surface area contributed by atoms with E-state index in [1.165, 1.54) is 38.5 Å². The second-order valence-corrected chi connectivity index (χ2v) is 6.12. The first kappa shape index (κ1) is 11.5. The second-order valence-electron chi connectivity index (χ2n) is 6.12. The maximum Gasteiger partial charge on any atom is 0.222 e. The van der Waals surface area contributed by atoms with E-state index in [1.807, 2.05) is 0 Å². The van der Waals surface area contributed by atoms with Crippen LogP contribution in [0.3, 0.4) is 0 Å². The number of nitrogens with zero attached hydrogens (tertiary/aromatic N) is 1. The van der Waals surface area contributed by atoms with Gasteiger partial charge in [-0.1, -0.05) is 12.8 Å². The highest BCUT2D eigenvalue weighted by Gasteiger charge is 2.31. The van der Waals surface area contributed by atoms with Crippen molar-refractivity contribution in [1.82, 2.24) is 10.2 Å². The Hall–Kier alpha value is -0.570. The molecule has 3 fully saturated rings. The zero-order chi connectivity index (χ0) is 11.7. The van der Waals surface area contributed by atoms with E-state index in [0.717, 1.165) is 25.9 Å². The van der Waals surface area contributed by atoms with Gasteiger partial charge in [-0.05, 0) is 38.0 Å². The maximum atomic E-state index is 12.3. The van der Waals surface area contributed by atoms with Crippen LogP contribution in [0.4, 0.5) is 0 Å². The summed E-state index contributed by atoms with van der Waals surface area (Å²) in [4.78, 5) is 14.4. The summed E-state index contributed by atoms with van der Waals surface area (Å²) in [5.41, 5.74) is 0. The van der Waals surface area contributed by atoms with Gasteiger partial charge < -0.3 is 10.2 Å². The molecule has 1 aliphatic carbocycles. The fraction of sp³-hybridized carbons (Fsp3) is 0.929. The van der Waals surface area contributed by atoms with Crippen molar-refractivity contribution in [2.45, 2.75) is 63.5 Å². The number of likely N-dealkylation sites (tertiary alicyclic amines) is 1. The molecule has 2 aliphatic heterocycles. The fourth-order valence-corrected chi connectivity index (χ4v) is 3.76. The molecule has 3 nitrogen and oxygen atoms in total. The third-order valence-corrected chi connectivity index (χ3v) is 4.81. The fourth-order valence-electron chi connectivity index (χ4n) is 3.76. The number of rotatable bonds is 2. The number of carbonyl (C=O) groups excluding carboxylic acids is 1. The third kappa shape index (κ3) is 2.65. The van der Waals surface area contributed by atoms with Gasteiger partial charge in [-0.25, -0.2) is 0 Å². The van der Waals surface area contributed by atoms with Crippen LogP contribution < -0.4 is 5.32 Å². The first-order chi connectivity index (χ1) is 8.31. The van der Waals surface area contributed by atoms with Gasteiger partial charge in [0, 0.05) is 31.6 Å². The van der Waals surface area contributed by atoms with Gasteiger partial charge in [0.2, 0.25) is 5.91 Å². The van der Waals surface area contributed by atoms with E-state index in [9.17, 15) is 4.79 Å². The van der Waals surface area contributed by atoms with Crippen molar-refractivity contribution in [2.24, 2.45) is 5.92 Å². The molecule has 17 heavy (non-hydrogen) atoms. The Balaban J connectivity index is 1.54. The average Bonchev–Trinajstić information content (AvgIpc) is 2.88. The van der Waals surface area contributed by atoms with E-state index in [-0.39, 0.29) is 0 Å². The zero-order valence-electron chi connectivity index (χ0n) is 10.7. The summed E-state index contributed by atoms with van der Waals surface area (Å²) in [5, 5.41) is 3.64. The first-order valence-electron chi connectivity index (χ1n) is 7.35. The van der Waals surface area contributed by atoms with Crippen molar-refractivity contribution in [3.63, 3.8) is 0 Å². The lowest BCUT2D eigenvalue weighted by Crippen LogP contribution is -2.39. The van der Waals surface area contributed by atoms with Gasteiger partial charge in [0.15, 0.2) is 0 Å². The van der Waals surface area contributed by atoms with Crippen LogP contribution >= 0.6 is 0 Å². The van der Waals surface area contributed by atoms with Gasteiger partial charge in [0.1, 0.15) is 0 Å². The molecule has 0 aromatic heterocycles. The van der Waals surface area contributed by atoms with Crippen LogP contribution in [0.25, 0.3) is 0 Å². The Labute approximate surface area is 104 Å². The van der Waals surface area contributed by atoms with Crippen LogP contribution in [0.1, 0.15) is 51.4 Å². The van der Waals surface area contributed by atoms with Gasteiger partial charge in [0.25, 0.3) is 0 Å². The van der Waals surface area contributed by atoms with Crippen molar-refractivity contribution in [2.75, 3.05) is 13.1 Å². The standard InChI is InChI=1S/C14H24N2O/c17-14(9-11-3-1-2-4-11)16-8-7-12-5-6-13(10-16)15-12/h11-13,15H,1-10H2. The molecule has 1 N–H and O–H groups in total. The second kappa shape index (κ2) is 4.97. The molecule has 2 heterocycles. The quantitative estimate of drug-likeness (QED) is 0.794. The molecule has 2 saturated heterocycles. The molecule has 1 amide bonds. The Bertz CT molecular complexity index is 286. The van der Waals surface area contributed by atoms with E-state index >= 15 is 0 Å². The highest BCUT2D eigenvalue weighted by molar-refractivity contribution is 5.76. The van der Waals surface area contributed by atoms with Crippen molar-refractivity contribution in [1.29, 1.82) is 0 Å². The van der Waals surface area contributed by atoms with Gasteiger partial charge in [-0.3, -0.25) is 4.79 Å². The lowest BCUT2D eigenvalue weighted by molar-refractivity contribution is -0.132. The smallest absolute Gasteiger partial charge is 0.222 e. The average molecular weight is 236 g/mol. The molecule has 0 spiro atoms. The number of amides is 1. The van der Waals surface area contributed by atoms with E-state index in [2.05, 4.69) is 10.2 Å². The lowest BCUT2D eigenvalue weighted by Gasteiger charge is -2.25. The Morgan fingerprint density at radius 1 is 1.06 bits per heavy atom.